The second-order valence-electron chi connectivity index (χ2n) is 4.76. The van der Waals surface area contributed by atoms with Gasteiger partial charge in [0, 0.05) is 12.5 Å². The van der Waals surface area contributed by atoms with Gasteiger partial charge in [0.1, 0.15) is 5.83 Å². The molecule has 1 saturated heterocycles. The SMILES string of the molecule is CC1=CCC([C@H]2CCC[C@@H](CN)O2)C=C1F. The molecule has 0 amide bonds. The van der Waals surface area contributed by atoms with Crippen molar-refractivity contribution in [2.75, 3.05) is 6.54 Å². The van der Waals surface area contributed by atoms with Crippen molar-refractivity contribution in [1.29, 1.82) is 0 Å². The van der Waals surface area contributed by atoms with Crippen LogP contribution in [0.15, 0.2) is 23.6 Å². The van der Waals surface area contributed by atoms with Gasteiger partial charge in [0.15, 0.2) is 0 Å². The third-order valence-electron chi connectivity index (χ3n) is 3.56. The van der Waals surface area contributed by atoms with Gasteiger partial charge in [0.05, 0.1) is 12.2 Å². The fourth-order valence-electron chi connectivity index (χ4n) is 2.48. The molecule has 0 aromatic rings. The number of halogens is 1. The summed E-state index contributed by atoms with van der Waals surface area (Å²) in [6.45, 7) is 2.39. The third-order valence-corrected chi connectivity index (χ3v) is 3.56. The molecule has 3 heteroatoms. The van der Waals surface area contributed by atoms with Gasteiger partial charge < -0.3 is 10.5 Å². The maximum atomic E-state index is 13.5. The Morgan fingerprint density at radius 2 is 2.31 bits per heavy atom. The van der Waals surface area contributed by atoms with Crippen molar-refractivity contribution in [3.8, 4) is 0 Å². The predicted molar refractivity (Wildman–Crippen MR) is 62.6 cm³/mol. The summed E-state index contributed by atoms with van der Waals surface area (Å²) < 4.78 is 19.4. The molecule has 16 heavy (non-hydrogen) atoms. The van der Waals surface area contributed by atoms with E-state index in [9.17, 15) is 4.39 Å². The summed E-state index contributed by atoms with van der Waals surface area (Å²) in [5.74, 6) is 0.104. The molecule has 1 fully saturated rings. The number of rotatable bonds is 2. The van der Waals surface area contributed by atoms with E-state index in [4.69, 9.17) is 10.5 Å². The Hall–Kier alpha value is -0.670. The average Bonchev–Trinajstić information content (AvgIpc) is 2.33. The van der Waals surface area contributed by atoms with Crippen LogP contribution in [0.5, 0.6) is 0 Å². The van der Waals surface area contributed by atoms with Gasteiger partial charge in [-0.25, -0.2) is 4.39 Å². The normalized spacial score (nSPS) is 35.6. The van der Waals surface area contributed by atoms with Crippen molar-refractivity contribution < 1.29 is 9.13 Å². The van der Waals surface area contributed by atoms with Gasteiger partial charge in [-0.15, -0.1) is 0 Å². The highest BCUT2D eigenvalue weighted by molar-refractivity contribution is 5.28. The molecule has 0 aromatic carbocycles. The van der Waals surface area contributed by atoms with Crippen LogP contribution in [0.25, 0.3) is 0 Å². The topological polar surface area (TPSA) is 35.2 Å². The van der Waals surface area contributed by atoms with E-state index in [0.717, 1.165) is 31.3 Å². The fourth-order valence-corrected chi connectivity index (χ4v) is 2.48. The molecule has 2 aliphatic rings. The van der Waals surface area contributed by atoms with Crippen molar-refractivity contribution >= 4 is 0 Å². The lowest BCUT2D eigenvalue weighted by Crippen LogP contribution is -2.37. The second kappa shape index (κ2) is 5.11. The van der Waals surface area contributed by atoms with Crippen LogP contribution in [-0.4, -0.2) is 18.8 Å². The number of hydrogen-bond donors (Lipinski definition) is 1. The fraction of sp³-hybridized carbons (Fsp3) is 0.692. The Morgan fingerprint density at radius 3 is 3.00 bits per heavy atom. The van der Waals surface area contributed by atoms with Gasteiger partial charge in [0.25, 0.3) is 0 Å². The van der Waals surface area contributed by atoms with Crippen LogP contribution in [0.4, 0.5) is 4.39 Å². The maximum Gasteiger partial charge on any atom is 0.122 e. The zero-order valence-corrected chi connectivity index (χ0v) is 9.79. The summed E-state index contributed by atoms with van der Waals surface area (Å²) in [4.78, 5) is 0. The van der Waals surface area contributed by atoms with Gasteiger partial charge in [-0.1, -0.05) is 6.08 Å². The van der Waals surface area contributed by atoms with Crippen LogP contribution in [0.1, 0.15) is 32.6 Å². The number of nitrogens with two attached hydrogens (primary N) is 1. The predicted octanol–water partition coefficient (Wildman–Crippen LogP) is 2.70. The van der Waals surface area contributed by atoms with Crippen molar-refractivity contribution in [2.24, 2.45) is 11.7 Å². The van der Waals surface area contributed by atoms with Gasteiger partial charge in [-0.2, -0.15) is 0 Å². The van der Waals surface area contributed by atoms with Crippen LogP contribution >= 0.6 is 0 Å². The molecule has 0 spiro atoms. The number of allylic oxidation sites excluding steroid dienone is 3. The summed E-state index contributed by atoms with van der Waals surface area (Å²) >= 11 is 0. The maximum absolute atomic E-state index is 13.5. The molecule has 1 unspecified atom stereocenters. The van der Waals surface area contributed by atoms with E-state index in [1.54, 1.807) is 6.08 Å². The van der Waals surface area contributed by atoms with E-state index in [1.165, 1.54) is 0 Å². The molecule has 1 aliphatic carbocycles. The van der Waals surface area contributed by atoms with Crippen LogP contribution < -0.4 is 5.73 Å². The summed E-state index contributed by atoms with van der Waals surface area (Å²) in [5.41, 5.74) is 6.37. The smallest absolute Gasteiger partial charge is 0.122 e. The van der Waals surface area contributed by atoms with E-state index in [2.05, 4.69) is 0 Å². The van der Waals surface area contributed by atoms with E-state index in [-0.39, 0.29) is 24.0 Å². The molecular formula is C13H20FNO. The van der Waals surface area contributed by atoms with Gasteiger partial charge in [0.2, 0.25) is 0 Å². The van der Waals surface area contributed by atoms with Crippen molar-refractivity contribution in [2.45, 2.75) is 44.8 Å². The molecule has 2 rings (SSSR count). The van der Waals surface area contributed by atoms with Crippen LogP contribution in [-0.2, 0) is 4.74 Å². The Kier molecular flexibility index (Phi) is 3.77. The van der Waals surface area contributed by atoms with Crippen LogP contribution in [0.3, 0.4) is 0 Å². The first-order valence-corrected chi connectivity index (χ1v) is 6.10. The molecule has 0 radical (unpaired) electrons. The quantitative estimate of drug-likeness (QED) is 0.784. The minimum absolute atomic E-state index is 0.0882. The lowest BCUT2D eigenvalue weighted by molar-refractivity contribution is -0.0636. The van der Waals surface area contributed by atoms with Crippen molar-refractivity contribution in [3.63, 3.8) is 0 Å². The Labute approximate surface area is 96.3 Å². The third kappa shape index (κ3) is 2.53. The first kappa shape index (κ1) is 11.8. The molecule has 0 saturated carbocycles. The molecule has 2 nitrogen and oxygen atoms in total. The van der Waals surface area contributed by atoms with Crippen molar-refractivity contribution in [1.82, 2.24) is 0 Å². The van der Waals surface area contributed by atoms with E-state index >= 15 is 0 Å². The van der Waals surface area contributed by atoms with Crippen LogP contribution in [0, 0.1) is 5.92 Å². The molecule has 90 valence electrons. The molecule has 2 N–H and O–H groups in total. The second-order valence-corrected chi connectivity index (χ2v) is 4.76. The summed E-state index contributed by atoms with van der Waals surface area (Å²) in [6, 6.07) is 0. The molecular weight excluding hydrogens is 205 g/mol. The molecule has 1 aliphatic heterocycles. The molecule has 3 atom stereocenters. The highest BCUT2D eigenvalue weighted by Gasteiger charge is 2.28. The molecule has 1 heterocycles. The Balaban J connectivity index is 1.98. The van der Waals surface area contributed by atoms with Gasteiger partial charge in [-0.05, 0) is 44.3 Å². The Morgan fingerprint density at radius 1 is 1.50 bits per heavy atom. The Bertz CT molecular complexity index is 311. The number of hydrogen-bond acceptors (Lipinski definition) is 2. The zero-order valence-electron chi connectivity index (χ0n) is 9.79. The van der Waals surface area contributed by atoms with E-state index in [1.807, 2.05) is 13.0 Å². The van der Waals surface area contributed by atoms with Crippen LogP contribution in [0.2, 0.25) is 0 Å². The molecule has 0 bridgehead atoms. The average molecular weight is 225 g/mol. The minimum atomic E-state index is -0.0882. The minimum Gasteiger partial charge on any atom is -0.373 e. The van der Waals surface area contributed by atoms with Gasteiger partial charge >= 0.3 is 0 Å². The lowest BCUT2D eigenvalue weighted by atomic mass is 9.87. The first-order valence-electron chi connectivity index (χ1n) is 6.10. The monoisotopic (exact) mass is 225 g/mol. The lowest BCUT2D eigenvalue weighted by Gasteiger charge is -2.34. The summed E-state index contributed by atoms with van der Waals surface area (Å²) in [7, 11) is 0. The first-order chi connectivity index (χ1) is 7.70. The highest BCUT2D eigenvalue weighted by atomic mass is 19.1. The van der Waals surface area contributed by atoms with E-state index < -0.39 is 0 Å². The highest BCUT2D eigenvalue weighted by Crippen LogP contribution is 2.32. The van der Waals surface area contributed by atoms with Gasteiger partial charge in [-0.3, -0.25) is 0 Å². The van der Waals surface area contributed by atoms with E-state index in [0.29, 0.717) is 6.54 Å². The largest absolute Gasteiger partial charge is 0.373 e. The van der Waals surface area contributed by atoms with Crippen molar-refractivity contribution in [3.05, 3.63) is 23.6 Å². The summed E-state index contributed by atoms with van der Waals surface area (Å²) in [5, 5.41) is 0. The number of ether oxygens (including phenoxy) is 1. The zero-order chi connectivity index (χ0) is 11.5. The standard InChI is InChI=1S/C13H20FNO/c1-9-5-6-10(7-12(9)14)13-4-2-3-11(8-15)16-13/h5,7,10-11,13H,2-4,6,8,15H2,1H3/t10?,11-,13+/m0/s1. The summed E-state index contributed by atoms with van der Waals surface area (Å²) in [6.07, 6.45) is 8.11. The molecule has 0 aromatic heterocycles.